The van der Waals surface area contributed by atoms with Crippen molar-refractivity contribution in [2.45, 2.75) is 18.8 Å². The van der Waals surface area contributed by atoms with Crippen LogP contribution in [0.2, 0.25) is 0 Å². The quantitative estimate of drug-likeness (QED) is 0.660. The van der Waals surface area contributed by atoms with Gasteiger partial charge in [0.1, 0.15) is 5.82 Å². The van der Waals surface area contributed by atoms with E-state index in [-0.39, 0.29) is 11.9 Å². The molecule has 0 N–H and O–H groups in total. The van der Waals surface area contributed by atoms with E-state index in [0.717, 1.165) is 16.5 Å². The molecule has 1 aromatic carbocycles. The van der Waals surface area contributed by atoms with Crippen molar-refractivity contribution in [3.8, 4) is 0 Å². The van der Waals surface area contributed by atoms with Crippen molar-refractivity contribution in [1.29, 1.82) is 0 Å². The predicted molar refractivity (Wildman–Crippen MR) is 85.8 cm³/mol. The van der Waals surface area contributed by atoms with E-state index in [1.165, 1.54) is 6.07 Å². The molecule has 2 heterocycles. The summed E-state index contributed by atoms with van der Waals surface area (Å²) in [5.41, 5.74) is 1.58. The first-order chi connectivity index (χ1) is 10.1. The van der Waals surface area contributed by atoms with Crippen molar-refractivity contribution in [3.63, 3.8) is 0 Å². The second kappa shape index (κ2) is 5.66. The minimum Gasteiger partial charge on any atom is -0.351 e. The highest BCUT2D eigenvalue weighted by atomic mass is 35.5. The van der Waals surface area contributed by atoms with E-state index in [2.05, 4.69) is 4.98 Å². The fourth-order valence-electron chi connectivity index (χ4n) is 2.43. The summed E-state index contributed by atoms with van der Waals surface area (Å²) in [7, 11) is 1.92. The number of aromatic nitrogens is 2. The summed E-state index contributed by atoms with van der Waals surface area (Å²) in [6.07, 6.45) is 1.95. The summed E-state index contributed by atoms with van der Waals surface area (Å²) in [6.45, 7) is 1.96. The molecule has 0 aliphatic heterocycles. The lowest BCUT2D eigenvalue weighted by Gasteiger charge is -2.26. The summed E-state index contributed by atoms with van der Waals surface area (Å²) in [4.78, 5) is 7.48. The van der Waals surface area contributed by atoms with Crippen molar-refractivity contribution in [2.24, 2.45) is 0 Å². The van der Waals surface area contributed by atoms with Gasteiger partial charge in [-0.05, 0) is 13.0 Å². The molecule has 3 nitrogen and oxygen atoms in total. The predicted octanol–water partition coefficient (Wildman–Crippen LogP) is 4.47. The van der Waals surface area contributed by atoms with Crippen LogP contribution in [0.15, 0.2) is 35.8 Å². The SMILES string of the molecule is CC(c1ccccc1F)N(C)c1nc2sccn2c1CCl. The zero-order valence-corrected chi connectivity index (χ0v) is 13.3. The molecule has 0 bridgehead atoms. The molecule has 0 fully saturated rings. The van der Waals surface area contributed by atoms with Gasteiger partial charge in [0.2, 0.25) is 0 Å². The number of anilines is 1. The lowest BCUT2D eigenvalue weighted by atomic mass is 10.1. The van der Waals surface area contributed by atoms with Crippen LogP contribution in [-0.2, 0) is 5.88 Å². The number of alkyl halides is 1. The van der Waals surface area contributed by atoms with Gasteiger partial charge >= 0.3 is 0 Å². The van der Waals surface area contributed by atoms with Crippen LogP contribution in [0.4, 0.5) is 10.2 Å². The molecule has 0 amide bonds. The molecule has 2 aromatic heterocycles. The second-order valence-electron chi connectivity index (χ2n) is 4.88. The van der Waals surface area contributed by atoms with E-state index >= 15 is 0 Å². The number of fused-ring (bicyclic) bond motifs is 1. The summed E-state index contributed by atoms with van der Waals surface area (Å²) in [6, 6.07) is 6.69. The number of nitrogens with zero attached hydrogens (tertiary/aromatic N) is 3. The Hall–Kier alpha value is -1.59. The minimum atomic E-state index is -0.203. The Kier molecular flexibility index (Phi) is 3.87. The minimum absolute atomic E-state index is 0.127. The molecule has 0 aliphatic rings. The highest BCUT2D eigenvalue weighted by Gasteiger charge is 2.22. The monoisotopic (exact) mass is 323 g/mol. The van der Waals surface area contributed by atoms with Crippen molar-refractivity contribution in [3.05, 3.63) is 52.9 Å². The van der Waals surface area contributed by atoms with Gasteiger partial charge in [-0.2, -0.15) is 0 Å². The number of benzene rings is 1. The molecule has 0 saturated heterocycles. The Balaban J connectivity index is 2.02. The molecule has 1 atom stereocenters. The summed E-state index contributed by atoms with van der Waals surface area (Å²) >= 11 is 7.64. The molecule has 1 unspecified atom stereocenters. The fourth-order valence-corrected chi connectivity index (χ4v) is 3.41. The van der Waals surface area contributed by atoms with Crippen molar-refractivity contribution in [2.75, 3.05) is 11.9 Å². The van der Waals surface area contributed by atoms with E-state index in [0.29, 0.717) is 11.4 Å². The van der Waals surface area contributed by atoms with E-state index in [4.69, 9.17) is 11.6 Å². The van der Waals surface area contributed by atoms with Crippen LogP contribution in [0.5, 0.6) is 0 Å². The average molecular weight is 324 g/mol. The smallest absolute Gasteiger partial charge is 0.195 e. The van der Waals surface area contributed by atoms with Crippen LogP contribution >= 0.6 is 22.9 Å². The van der Waals surface area contributed by atoms with Crippen LogP contribution in [0, 0.1) is 5.82 Å². The Morgan fingerprint density at radius 3 is 2.90 bits per heavy atom. The Morgan fingerprint density at radius 2 is 2.19 bits per heavy atom. The summed E-state index contributed by atoms with van der Waals surface area (Å²) < 4.78 is 16.0. The molecule has 6 heteroatoms. The molecule has 3 aromatic rings. The van der Waals surface area contributed by atoms with Crippen LogP contribution < -0.4 is 4.90 Å². The first-order valence-electron chi connectivity index (χ1n) is 6.61. The van der Waals surface area contributed by atoms with E-state index < -0.39 is 0 Å². The third kappa shape index (κ3) is 2.40. The topological polar surface area (TPSA) is 20.5 Å². The van der Waals surface area contributed by atoms with Crippen LogP contribution in [0.25, 0.3) is 4.96 Å². The zero-order chi connectivity index (χ0) is 15.0. The molecule has 110 valence electrons. The van der Waals surface area contributed by atoms with Crippen molar-refractivity contribution in [1.82, 2.24) is 9.38 Å². The van der Waals surface area contributed by atoms with E-state index in [1.807, 2.05) is 40.9 Å². The summed E-state index contributed by atoms with van der Waals surface area (Å²) in [5.74, 6) is 0.958. The first-order valence-corrected chi connectivity index (χ1v) is 8.02. The van der Waals surface area contributed by atoms with Crippen LogP contribution in [0.3, 0.4) is 0 Å². The normalized spacial score (nSPS) is 12.8. The maximum Gasteiger partial charge on any atom is 0.195 e. The largest absolute Gasteiger partial charge is 0.351 e. The highest BCUT2D eigenvalue weighted by Crippen LogP contribution is 2.31. The Labute approximate surface area is 131 Å². The van der Waals surface area contributed by atoms with Gasteiger partial charge in [0.05, 0.1) is 17.6 Å². The number of imidazole rings is 1. The van der Waals surface area contributed by atoms with E-state index in [9.17, 15) is 4.39 Å². The molecular weight excluding hydrogens is 309 g/mol. The number of thiazole rings is 1. The van der Waals surface area contributed by atoms with Crippen molar-refractivity contribution >= 4 is 33.7 Å². The average Bonchev–Trinajstić information content (AvgIpc) is 3.06. The van der Waals surface area contributed by atoms with Gasteiger partial charge < -0.3 is 4.90 Å². The first kappa shape index (κ1) is 14.4. The van der Waals surface area contributed by atoms with Crippen LogP contribution in [-0.4, -0.2) is 16.4 Å². The number of hydrogen-bond donors (Lipinski definition) is 0. The van der Waals surface area contributed by atoms with Crippen LogP contribution in [0.1, 0.15) is 24.2 Å². The third-order valence-corrected chi connectivity index (χ3v) is 4.75. The van der Waals surface area contributed by atoms with Gasteiger partial charge in [0, 0.05) is 24.2 Å². The highest BCUT2D eigenvalue weighted by molar-refractivity contribution is 7.15. The molecule has 0 saturated carbocycles. The lowest BCUT2D eigenvalue weighted by Crippen LogP contribution is -2.24. The standard InChI is InChI=1S/C15H15ClFN3S/c1-10(11-5-3-4-6-12(11)17)19(2)14-13(9-16)20-7-8-21-15(20)18-14/h3-8,10H,9H2,1-2H3. The molecule has 21 heavy (non-hydrogen) atoms. The molecule has 0 spiro atoms. The molecule has 0 aliphatic carbocycles. The number of halogens is 2. The molecular formula is C15H15ClFN3S. The van der Waals surface area contributed by atoms with Gasteiger partial charge in [-0.15, -0.1) is 22.9 Å². The molecule has 0 radical (unpaired) electrons. The second-order valence-corrected chi connectivity index (χ2v) is 6.02. The van der Waals surface area contributed by atoms with Gasteiger partial charge in [0.15, 0.2) is 10.8 Å². The van der Waals surface area contributed by atoms with Gasteiger partial charge in [0.25, 0.3) is 0 Å². The van der Waals surface area contributed by atoms with Crippen molar-refractivity contribution < 1.29 is 4.39 Å². The summed E-state index contributed by atoms with van der Waals surface area (Å²) in [5, 5.41) is 1.97. The fraction of sp³-hybridized carbons (Fsp3) is 0.267. The lowest BCUT2D eigenvalue weighted by molar-refractivity contribution is 0.584. The van der Waals surface area contributed by atoms with E-state index in [1.54, 1.807) is 23.5 Å². The number of rotatable bonds is 4. The third-order valence-electron chi connectivity index (χ3n) is 3.74. The molecule has 3 rings (SSSR count). The van der Waals surface area contributed by atoms with Gasteiger partial charge in [-0.1, -0.05) is 18.2 Å². The maximum atomic E-state index is 14.0. The number of hydrogen-bond acceptors (Lipinski definition) is 3. The van der Waals surface area contributed by atoms with Gasteiger partial charge in [-0.25, -0.2) is 9.37 Å². The Bertz CT molecular complexity index is 767. The Morgan fingerprint density at radius 1 is 1.43 bits per heavy atom. The zero-order valence-electron chi connectivity index (χ0n) is 11.8. The maximum absolute atomic E-state index is 14.0. The van der Waals surface area contributed by atoms with Gasteiger partial charge in [-0.3, -0.25) is 4.40 Å².